The zero-order valence-corrected chi connectivity index (χ0v) is 18.3. The van der Waals surface area contributed by atoms with Gasteiger partial charge in [-0.15, -0.1) is 0 Å². The SMILES string of the molecule is O=C(/C=C/c1ccc([N+](=O)[O-])cc1)Nc1ccc2c(c1)N(CCCc1ccccc1)C(=O)CO2. The van der Waals surface area contributed by atoms with E-state index in [1.807, 2.05) is 18.2 Å². The van der Waals surface area contributed by atoms with E-state index >= 15 is 0 Å². The van der Waals surface area contributed by atoms with Crippen LogP contribution in [0.5, 0.6) is 5.75 Å². The highest BCUT2D eigenvalue weighted by Crippen LogP contribution is 2.34. The van der Waals surface area contributed by atoms with Gasteiger partial charge in [0.2, 0.25) is 5.91 Å². The van der Waals surface area contributed by atoms with E-state index in [9.17, 15) is 19.7 Å². The number of fused-ring (bicyclic) bond motifs is 1. The summed E-state index contributed by atoms with van der Waals surface area (Å²) >= 11 is 0. The van der Waals surface area contributed by atoms with Gasteiger partial charge in [-0.3, -0.25) is 19.7 Å². The fourth-order valence-corrected chi connectivity index (χ4v) is 3.67. The average molecular weight is 457 g/mol. The monoisotopic (exact) mass is 457 g/mol. The minimum absolute atomic E-state index is 0.0119. The number of hydrogen-bond acceptors (Lipinski definition) is 5. The highest BCUT2D eigenvalue weighted by atomic mass is 16.6. The van der Waals surface area contributed by atoms with Crippen molar-refractivity contribution in [2.75, 3.05) is 23.4 Å². The molecule has 8 heteroatoms. The van der Waals surface area contributed by atoms with Crippen LogP contribution < -0.4 is 15.0 Å². The molecule has 3 aromatic rings. The number of hydrogen-bond donors (Lipinski definition) is 1. The third-order valence-corrected chi connectivity index (χ3v) is 5.39. The number of anilines is 2. The first kappa shape index (κ1) is 22.7. The normalized spacial score (nSPS) is 12.8. The Bertz CT molecular complexity index is 1220. The summed E-state index contributed by atoms with van der Waals surface area (Å²) in [4.78, 5) is 36.9. The van der Waals surface area contributed by atoms with Crippen LogP contribution in [-0.4, -0.2) is 29.9 Å². The van der Waals surface area contributed by atoms with Crippen LogP contribution >= 0.6 is 0 Å². The number of amides is 2. The summed E-state index contributed by atoms with van der Waals surface area (Å²) in [6.07, 6.45) is 4.56. The molecule has 1 N–H and O–H groups in total. The number of nitrogens with zero attached hydrogens (tertiary/aromatic N) is 2. The number of carbonyl (C=O) groups is 2. The second-order valence-corrected chi connectivity index (χ2v) is 7.78. The number of non-ortho nitro benzene ring substituents is 1. The van der Waals surface area contributed by atoms with E-state index in [0.717, 1.165) is 12.8 Å². The fraction of sp³-hybridized carbons (Fsp3) is 0.154. The number of benzene rings is 3. The van der Waals surface area contributed by atoms with Crippen LogP contribution in [0, 0.1) is 10.1 Å². The lowest BCUT2D eigenvalue weighted by atomic mass is 10.1. The Hall–Kier alpha value is -4.46. The number of nitro benzene ring substituents is 1. The molecule has 0 spiro atoms. The van der Waals surface area contributed by atoms with Crippen molar-refractivity contribution in [1.29, 1.82) is 0 Å². The maximum absolute atomic E-state index is 12.5. The Morgan fingerprint density at radius 2 is 1.85 bits per heavy atom. The quantitative estimate of drug-likeness (QED) is 0.302. The summed E-state index contributed by atoms with van der Waals surface area (Å²) in [6, 6.07) is 21.2. The maximum atomic E-state index is 12.5. The molecule has 1 heterocycles. The summed E-state index contributed by atoms with van der Waals surface area (Å²) in [5, 5.41) is 13.5. The lowest BCUT2D eigenvalue weighted by Crippen LogP contribution is -2.39. The Morgan fingerprint density at radius 1 is 1.09 bits per heavy atom. The van der Waals surface area contributed by atoms with Crippen LogP contribution in [0.3, 0.4) is 0 Å². The van der Waals surface area contributed by atoms with E-state index in [0.29, 0.717) is 29.2 Å². The van der Waals surface area contributed by atoms with E-state index < -0.39 is 4.92 Å². The Labute approximate surface area is 196 Å². The van der Waals surface area contributed by atoms with Crippen molar-refractivity contribution >= 4 is 35.0 Å². The third kappa shape index (κ3) is 5.66. The number of nitrogens with one attached hydrogen (secondary N) is 1. The van der Waals surface area contributed by atoms with Gasteiger partial charge in [0.1, 0.15) is 5.75 Å². The van der Waals surface area contributed by atoms with Gasteiger partial charge < -0.3 is 15.0 Å². The molecule has 1 aliphatic heterocycles. The molecule has 0 saturated heterocycles. The van der Waals surface area contributed by atoms with Gasteiger partial charge in [-0.05, 0) is 60.4 Å². The Balaban J connectivity index is 1.41. The van der Waals surface area contributed by atoms with Gasteiger partial charge in [-0.2, -0.15) is 0 Å². The Morgan fingerprint density at radius 3 is 2.59 bits per heavy atom. The van der Waals surface area contributed by atoms with Gasteiger partial charge in [-0.25, -0.2) is 0 Å². The number of aryl methyl sites for hydroxylation is 1. The van der Waals surface area contributed by atoms with Crippen molar-refractivity contribution in [3.63, 3.8) is 0 Å². The van der Waals surface area contributed by atoms with E-state index in [1.165, 1.54) is 23.8 Å². The zero-order chi connectivity index (χ0) is 23.9. The number of nitro groups is 1. The van der Waals surface area contributed by atoms with Crippen LogP contribution in [0.2, 0.25) is 0 Å². The van der Waals surface area contributed by atoms with Gasteiger partial charge >= 0.3 is 0 Å². The minimum Gasteiger partial charge on any atom is -0.482 e. The van der Waals surface area contributed by atoms with Gasteiger partial charge in [-0.1, -0.05) is 30.3 Å². The molecule has 172 valence electrons. The van der Waals surface area contributed by atoms with Gasteiger partial charge in [0.25, 0.3) is 11.6 Å². The first-order chi connectivity index (χ1) is 16.5. The summed E-state index contributed by atoms with van der Waals surface area (Å²) in [6.45, 7) is 0.531. The van der Waals surface area contributed by atoms with Crippen molar-refractivity contribution in [3.8, 4) is 5.75 Å². The van der Waals surface area contributed by atoms with Crippen LogP contribution in [0.15, 0.2) is 78.9 Å². The number of carbonyl (C=O) groups excluding carboxylic acids is 2. The number of rotatable bonds is 8. The highest BCUT2D eigenvalue weighted by Gasteiger charge is 2.25. The molecular formula is C26H23N3O5. The molecule has 0 saturated carbocycles. The fourth-order valence-electron chi connectivity index (χ4n) is 3.67. The first-order valence-electron chi connectivity index (χ1n) is 10.8. The molecule has 3 aromatic carbocycles. The first-order valence-corrected chi connectivity index (χ1v) is 10.8. The third-order valence-electron chi connectivity index (χ3n) is 5.39. The second kappa shape index (κ2) is 10.4. The van der Waals surface area contributed by atoms with Crippen molar-refractivity contribution in [3.05, 3.63) is 100 Å². The molecular weight excluding hydrogens is 434 g/mol. The topological polar surface area (TPSA) is 102 Å². The number of ether oxygens (including phenoxy) is 1. The summed E-state index contributed by atoms with van der Waals surface area (Å²) < 4.78 is 5.56. The van der Waals surface area contributed by atoms with Crippen molar-refractivity contribution in [2.24, 2.45) is 0 Å². The summed E-state index contributed by atoms with van der Waals surface area (Å²) in [5.74, 6) is 0.109. The van der Waals surface area contributed by atoms with Crippen molar-refractivity contribution in [1.82, 2.24) is 0 Å². The summed E-state index contributed by atoms with van der Waals surface area (Å²) in [5.41, 5.74) is 3.02. The van der Waals surface area contributed by atoms with E-state index in [1.54, 1.807) is 41.3 Å². The standard InChI is InChI=1S/C26H23N3O5/c30-25(15-10-20-8-12-22(13-9-20)29(32)33)27-21-11-14-24-23(17-21)28(26(31)18-34-24)16-4-7-19-5-2-1-3-6-19/h1-3,5-6,8-15,17H,4,7,16,18H2,(H,27,30)/b15-10+. The molecule has 34 heavy (non-hydrogen) atoms. The molecule has 0 atom stereocenters. The molecule has 0 aromatic heterocycles. The molecule has 4 rings (SSSR count). The van der Waals surface area contributed by atoms with Crippen LogP contribution in [-0.2, 0) is 16.0 Å². The summed E-state index contributed by atoms with van der Waals surface area (Å²) in [7, 11) is 0. The molecule has 0 aliphatic carbocycles. The van der Waals surface area contributed by atoms with Crippen LogP contribution in [0.4, 0.5) is 17.1 Å². The van der Waals surface area contributed by atoms with Crippen LogP contribution in [0.1, 0.15) is 17.5 Å². The molecule has 0 bridgehead atoms. The maximum Gasteiger partial charge on any atom is 0.269 e. The van der Waals surface area contributed by atoms with Gasteiger partial charge in [0.15, 0.2) is 6.61 Å². The van der Waals surface area contributed by atoms with E-state index in [4.69, 9.17) is 4.74 Å². The second-order valence-electron chi connectivity index (χ2n) is 7.78. The largest absolute Gasteiger partial charge is 0.482 e. The highest BCUT2D eigenvalue weighted by molar-refractivity contribution is 6.03. The van der Waals surface area contributed by atoms with Crippen molar-refractivity contribution < 1.29 is 19.2 Å². The minimum atomic E-state index is -0.476. The van der Waals surface area contributed by atoms with Crippen LogP contribution in [0.25, 0.3) is 6.08 Å². The molecule has 0 unspecified atom stereocenters. The predicted molar refractivity (Wildman–Crippen MR) is 130 cm³/mol. The van der Waals surface area contributed by atoms with Gasteiger partial charge in [0, 0.05) is 30.4 Å². The lowest BCUT2D eigenvalue weighted by molar-refractivity contribution is -0.384. The smallest absolute Gasteiger partial charge is 0.269 e. The van der Waals surface area contributed by atoms with Crippen molar-refractivity contribution in [2.45, 2.75) is 12.8 Å². The molecule has 8 nitrogen and oxygen atoms in total. The lowest BCUT2D eigenvalue weighted by Gasteiger charge is -2.30. The molecule has 0 radical (unpaired) electrons. The average Bonchev–Trinajstić information content (AvgIpc) is 2.85. The Kier molecular flexibility index (Phi) is 6.98. The zero-order valence-electron chi connectivity index (χ0n) is 18.3. The molecule has 1 aliphatic rings. The van der Waals surface area contributed by atoms with E-state index in [2.05, 4.69) is 17.4 Å². The molecule has 2 amide bonds. The molecule has 0 fully saturated rings. The predicted octanol–water partition coefficient (Wildman–Crippen LogP) is 4.60. The van der Waals surface area contributed by atoms with Gasteiger partial charge in [0.05, 0.1) is 10.6 Å². The van der Waals surface area contributed by atoms with E-state index in [-0.39, 0.29) is 24.1 Å².